The highest BCUT2D eigenvalue weighted by Gasteiger charge is 2.47. The lowest BCUT2D eigenvalue weighted by Gasteiger charge is -2.36. The van der Waals surface area contributed by atoms with Crippen LogP contribution in [0.15, 0.2) is 6.07 Å². The smallest absolute Gasteiger partial charge is 0.344 e. The molecule has 3 rings (SSSR count). The van der Waals surface area contributed by atoms with Gasteiger partial charge in [0.05, 0.1) is 26.4 Å². The second-order valence-electron chi connectivity index (χ2n) is 9.12. The predicted molar refractivity (Wildman–Crippen MR) is 110 cm³/mol. The van der Waals surface area contributed by atoms with Gasteiger partial charge >= 0.3 is 8.56 Å². The fourth-order valence-electron chi connectivity index (χ4n) is 5.25. The second-order valence-corrected chi connectivity index (χ2v) is 13.4. The minimum atomic E-state index is -2.26. The first-order chi connectivity index (χ1) is 12.8. The Labute approximate surface area is 165 Å². The van der Waals surface area contributed by atoms with E-state index in [9.17, 15) is 0 Å². The van der Waals surface area contributed by atoms with Crippen LogP contribution in [0.3, 0.4) is 0 Å². The van der Waals surface area contributed by atoms with Gasteiger partial charge in [-0.1, -0.05) is 33.8 Å². The fraction of sp³-hybridized carbons (Fsp3) is 0.727. The van der Waals surface area contributed by atoms with E-state index < -0.39 is 8.56 Å². The van der Waals surface area contributed by atoms with Crippen LogP contribution in [0.1, 0.15) is 55.5 Å². The van der Waals surface area contributed by atoms with Crippen molar-refractivity contribution in [1.82, 2.24) is 0 Å². The Morgan fingerprint density at radius 1 is 0.926 bits per heavy atom. The fourth-order valence-corrected chi connectivity index (χ4v) is 8.74. The van der Waals surface area contributed by atoms with E-state index in [4.69, 9.17) is 18.3 Å². The SMILES string of the molecule is COCC1(COC)Cc2cc(C)c3c(c2C1)CO[Si](C(C)C)(C(C)C)OC3. The molecule has 0 N–H and O–H groups in total. The highest BCUT2D eigenvalue weighted by molar-refractivity contribution is 6.70. The first kappa shape index (κ1) is 21.0. The summed E-state index contributed by atoms with van der Waals surface area (Å²) in [6.07, 6.45) is 2.00. The molecule has 1 aromatic rings. The van der Waals surface area contributed by atoms with E-state index in [1.54, 1.807) is 14.2 Å². The molecule has 5 heteroatoms. The van der Waals surface area contributed by atoms with Crippen molar-refractivity contribution in [3.8, 4) is 0 Å². The molecular weight excluding hydrogens is 356 g/mol. The number of aryl methyl sites for hydroxylation is 1. The van der Waals surface area contributed by atoms with Gasteiger partial charge in [0.15, 0.2) is 0 Å². The first-order valence-corrected chi connectivity index (χ1v) is 12.1. The Hall–Kier alpha value is -0.723. The van der Waals surface area contributed by atoms with Crippen LogP contribution in [-0.2, 0) is 44.4 Å². The minimum absolute atomic E-state index is 0.0329. The molecule has 0 unspecified atom stereocenters. The summed E-state index contributed by atoms with van der Waals surface area (Å²) in [6.45, 7) is 14.0. The number of ether oxygens (including phenoxy) is 2. The molecular formula is C22H36O4Si. The summed E-state index contributed by atoms with van der Waals surface area (Å²) >= 11 is 0. The van der Waals surface area contributed by atoms with Crippen molar-refractivity contribution in [3.05, 3.63) is 33.9 Å². The van der Waals surface area contributed by atoms with Crippen LogP contribution in [0.2, 0.25) is 11.1 Å². The van der Waals surface area contributed by atoms with Crippen molar-refractivity contribution in [2.24, 2.45) is 5.41 Å². The van der Waals surface area contributed by atoms with E-state index in [0.717, 1.165) is 26.1 Å². The number of methoxy groups -OCH3 is 2. The standard InChI is InChI=1S/C22H36O4Si/c1-15(2)27(16(3)4)25-11-20-17(5)8-18-9-22(13-23-6,14-24-7)10-19(18)21(20)12-26-27/h8,15-16H,9-14H2,1-7H3. The number of rotatable bonds is 6. The maximum Gasteiger partial charge on any atom is 0.344 e. The van der Waals surface area contributed by atoms with Gasteiger partial charge in [-0.25, -0.2) is 0 Å². The Morgan fingerprint density at radius 3 is 2.00 bits per heavy atom. The van der Waals surface area contributed by atoms with Gasteiger partial charge in [-0.3, -0.25) is 0 Å². The maximum absolute atomic E-state index is 6.66. The van der Waals surface area contributed by atoms with Crippen molar-refractivity contribution < 1.29 is 18.3 Å². The van der Waals surface area contributed by atoms with Crippen molar-refractivity contribution >= 4 is 8.56 Å². The zero-order chi connectivity index (χ0) is 19.8. The molecule has 0 spiro atoms. The van der Waals surface area contributed by atoms with Crippen molar-refractivity contribution in [1.29, 1.82) is 0 Å². The summed E-state index contributed by atoms with van der Waals surface area (Å²) in [7, 11) is 1.32. The predicted octanol–water partition coefficient (Wildman–Crippen LogP) is 4.68. The van der Waals surface area contributed by atoms with Crippen molar-refractivity contribution in [2.75, 3.05) is 27.4 Å². The van der Waals surface area contributed by atoms with E-state index in [1.165, 1.54) is 27.8 Å². The summed E-state index contributed by atoms with van der Waals surface area (Å²) in [4.78, 5) is 0. The Balaban J connectivity index is 1.99. The van der Waals surface area contributed by atoms with Crippen molar-refractivity contribution in [3.63, 3.8) is 0 Å². The normalized spacial score (nSPS) is 20.6. The van der Waals surface area contributed by atoms with Gasteiger partial charge in [-0.05, 0) is 58.7 Å². The van der Waals surface area contributed by atoms with Crippen LogP contribution >= 0.6 is 0 Å². The number of fused-ring (bicyclic) bond motifs is 3. The van der Waals surface area contributed by atoms with E-state index in [-0.39, 0.29) is 5.41 Å². The molecule has 0 fully saturated rings. The zero-order valence-corrected chi connectivity index (χ0v) is 19.1. The summed E-state index contributed by atoms with van der Waals surface area (Å²) in [5.41, 5.74) is 7.82. The maximum atomic E-state index is 6.66. The van der Waals surface area contributed by atoms with Gasteiger partial charge in [0.1, 0.15) is 0 Å². The molecule has 0 amide bonds. The average Bonchev–Trinajstić information content (AvgIpc) is 2.81. The Kier molecular flexibility index (Phi) is 6.19. The van der Waals surface area contributed by atoms with Crippen LogP contribution in [0, 0.1) is 12.3 Å². The summed E-state index contributed by atoms with van der Waals surface area (Å²) in [5.74, 6) is 0. The van der Waals surface area contributed by atoms with Gasteiger partial charge in [0, 0.05) is 19.6 Å². The van der Waals surface area contributed by atoms with Gasteiger partial charge < -0.3 is 18.3 Å². The second kappa shape index (κ2) is 7.95. The Bertz CT molecular complexity index is 669. The van der Waals surface area contributed by atoms with E-state index in [0.29, 0.717) is 24.3 Å². The van der Waals surface area contributed by atoms with Gasteiger partial charge in [-0.15, -0.1) is 0 Å². The molecule has 27 heavy (non-hydrogen) atoms. The average molecular weight is 393 g/mol. The quantitative estimate of drug-likeness (QED) is 0.659. The largest absolute Gasteiger partial charge is 0.389 e. The lowest BCUT2D eigenvalue weighted by Crippen LogP contribution is -2.47. The highest BCUT2D eigenvalue weighted by atomic mass is 28.4. The molecule has 1 aliphatic carbocycles. The molecule has 0 aromatic heterocycles. The lowest BCUT2D eigenvalue weighted by molar-refractivity contribution is 0.0167. The van der Waals surface area contributed by atoms with Gasteiger partial charge in [0.25, 0.3) is 0 Å². The van der Waals surface area contributed by atoms with E-state index in [1.807, 2.05) is 0 Å². The molecule has 0 radical (unpaired) electrons. The van der Waals surface area contributed by atoms with Gasteiger partial charge in [-0.2, -0.15) is 0 Å². The van der Waals surface area contributed by atoms with Gasteiger partial charge in [0.2, 0.25) is 0 Å². The molecule has 0 saturated carbocycles. The first-order valence-electron chi connectivity index (χ1n) is 10.2. The highest BCUT2D eigenvalue weighted by Crippen LogP contribution is 2.45. The number of benzene rings is 1. The molecule has 1 aromatic carbocycles. The molecule has 0 bridgehead atoms. The molecule has 1 aliphatic heterocycles. The van der Waals surface area contributed by atoms with E-state index >= 15 is 0 Å². The molecule has 0 saturated heterocycles. The third kappa shape index (κ3) is 3.65. The minimum Gasteiger partial charge on any atom is -0.389 e. The summed E-state index contributed by atoms with van der Waals surface area (Å²) < 4.78 is 24.4. The number of hydrogen-bond acceptors (Lipinski definition) is 4. The molecule has 152 valence electrons. The van der Waals surface area contributed by atoms with Crippen LogP contribution in [-0.4, -0.2) is 36.0 Å². The topological polar surface area (TPSA) is 36.9 Å². The third-order valence-corrected chi connectivity index (χ3v) is 10.9. The van der Waals surface area contributed by atoms with Crippen molar-refractivity contribution in [2.45, 2.75) is 71.8 Å². The molecule has 2 aliphatic rings. The molecule has 0 atom stereocenters. The van der Waals surface area contributed by atoms with Crippen LogP contribution < -0.4 is 0 Å². The summed E-state index contributed by atoms with van der Waals surface area (Å²) in [5, 5.41) is 0. The zero-order valence-electron chi connectivity index (χ0n) is 18.1. The monoisotopic (exact) mass is 392 g/mol. The van der Waals surface area contributed by atoms with Crippen LogP contribution in [0.5, 0.6) is 0 Å². The van der Waals surface area contributed by atoms with Crippen LogP contribution in [0.4, 0.5) is 0 Å². The third-order valence-electron chi connectivity index (χ3n) is 6.49. The molecule has 1 heterocycles. The number of hydrogen-bond donors (Lipinski definition) is 0. The summed E-state index contributed by atoms with van der Waals surface area (Å²) in [6, 6.07) is 2.36. The van der Waals surface area contributed by atoms with Crippen LogP contribution in [0.25, 0.3) is 0 Å². The van der Waals surface area contributed by atoms with E-state index in [2.05, 4.69) is 40.7 Å². The lowest BCUT2D eigenvalue weighted by atomic mass is 9.86. The Morgan fingerprint density at radius 2 is 1.48 bits per heavy atom. The molecule has 4 nitrogen and oxygen atoms in total.